The van der Waals surface area contributed by atoms with E-state index in [1.54, 1.807) is 0 Å². The molecule has 1 saturated heterocycles. The molecule has 0 aliphatic carbocycles. The fraction of sp³-hybridized carbons (Fsp3) is 0.562. The van der Waals surface area contributed by atoms with Crippen LogP contribution in [0.1, 0.15) is 44.2 Å². The summed E-state index contributed by atoms with van der Waals surface area (Å²) < 4.78 is 0. The van der Waals surface area contributed by atoms with E-state index in [0.717, 1.165) is 36.3 Å². The normalized spacial score (nSPS) is 19.8. The van der Waals surface area contributed by atoms with Gasteiger partial charge in [0, 0.05) is 24.3 Å². The van der Waals surface area contributed by atoms with Gasteiger partial charge in [0.25, 0.3) is 0 Å². The third-order valence-corrected chi connectivity index (χ3v) is 4.22. The molecule has 1 aromatic carbocycles. The summed E-state index contributed by atoms with van der Waals surface area (Å²) in [5, 5.41) is 12.2. The van der Waals surface area contributed by atoms with Gasteiger partial charge in [-0.1, -0.05) is 30.6 Å². The number of benzene rings is 1. The lowest BCUT2D eigenvalue weighted by atomic mass is 9.85. The van der Waals surface area contributed by atoms with Crippen LogP contribution < -0.4 is 10.6 Å². The third kappa shape index (κ3) is 3.24. The van der Waals surface area contributed by atoms with E-state index in [1.807, 2.05) is 13.0 Å². The van der Waals surface area contributed by atoms with E-state index >= 15 is 0 Å². The Hall–Kier alpha value is -1.71. The van der Waals surface area contributed by atoms with Gasteiger partial charge in [0.05, 0.1) is 0 Å². The Balaban J connectivity index is 2.32. The molecule has 0 spiro atoms. The van der Waals surface area contributed by atoms with Crippen molar-refractivity contribution in [2.45, 2.75) is 40.0 Å². The molecule has 4 nitrogen and oxygen atoms in total. The third-order valence-electron chi connectivity index (χ3n) is 4.22. The van der Waals surface area contributed by atoms with Gasteiger partial charge in [0.2, 0.25) is 0 Å². The smallest absolute Gasteiger partial charge is 0.172 e. The molecule has 0 aromatic heterocycles. The first-order valence-corrected chi connectivity index (χ1v) is 7.26. The summed E-state index contributed by atoms with van der Waals surface area (Å²) in [6, 6.07) is 6.15. The van der Waals surface area contributed by atoms with Crippen molar-refractivity contribution in [2.24, 2.45) is 16.3 Å². The Labute approximate surface area is 121 Å². The molecular weight excluding hydrogens is 250 g/mol. The number of amidine groups is 1. The molecule has 0 atom stereocenters. The molecule has 4 heteroatoms. The Morgan fingerprint density at radius 2 is 2.05 bits per heavy atom. The van der Waals surface area contributed by atoms with Crippen LogP contribution in [-0.2, 0) is 0 Å². The zero-order valence-corrected chi connectivity index (χ0v) is 12.7. The minimum absolute atomic E-state index is 0.187. The fourth-order valence-corrected chi connectivity index (χ4v) is 2.85. The number of nitrogens with zero attached hydrogens (tertiary/aromatic N) is 2. The number of nitrogens with two attached hydrogens (primary N) is 1. The minimum atomic E-state index is 0.187. The summed E-state index contributed by atoms with van der Waals surface area (Å²) in [5.74, 6) is 0.187. The van der Waals surface area contributed by atoms with Crippen molar-refractivity contribution < 1.29 is 5.21 Å². The van der Waals surface area contributed by atoms with Crippen LogP contribution in [0.2, 0.25) is 0 Å². The van der Waals surface area contributed by atoms with Gasteiger partial charge >= 0.3 is 0 Å². The summed E-state index contributed by atoms with van der Waals surface area (Å²) in [6.45, 7) is 8.72. The molecule has 1 aromatic rings. The van der Waals surface area contributed by atoms with Gasteiger partial charge in [-0.05, 0) is 43.7 Å². The molecule has 1 heterocycles. The van der Waals surface area contributed by atoms with E-state index in [9.17, 15) is 0 Å². The second-order valence-electron chi connectivity index (χ2n) is 6.51. The molecule has 0 bridgehead atoms. The van der Waals surface area contributed by atoms with E-state index < -0.39 is 0 Å². The van der Waals surface area contributed by atoms with Gasteiger partial charge < -0.3 is 15.8 Å². The molecule has 1 aliphatic heterocycles. The van der Waals surface area contributed by atoms with E-state index in [0.29, 0.717) is 5.41 Å². The van der Waals surface area contributed by atoms with Gasteiger partial charge in [-0.2, -0.15) is 0 Å². The molecule has 0 amide bonds. The summed E-state index contributed by atoms with van der Waals surface area (Å²) in [7, 11) is 0. The van der Waals surface area contributed by atoms with E-state index in [4.69, 9.17) is 10.9 Å². The number of anilines is 1. The van der Waals surface area contributed by atoms with Crippen molar-refractivity contribution in [2.75, 3.05) is 18.0 Å². The maximum absolute atomic E-state index is 8.99. The average molecular weight is 275 g/mol. The van der Waals surface area contributed by atoms with Gasteiger partial charge in [0.15, 0.2) is 5.84 Å². The summed E-state index contributed by atoms with van der Waals surface area (Å²) in [6.07, 6.45) is 3.58. The number of hydrogen-bond acceptors (Lipinski definition) is 3. The van der Waals surface area contributed by atoms with Crippen molar-refractivity contribution in [3.05, 3.63) is 29.3 Å². The highest BCUT2D eigenvalue weighted by atomic mass is 16.4. The molecule has 3 N–H and O–H groups in total. The molecule has 1 fully saturated rings. The number of hydrogen-bond donors (Lipinski definition) is 2. The first-order valence-electron chi connectivity index (χ1n) is 7.26. The van der Waals surface area contributed by atoms with Crippen LogP contribution in [0.15, 0.2) is 23.4 Å². The highest BCUT2D eigenvalue weighted by Crippen LogP contribution is 2.32. The lowest BCUT2D eigenvalue weighted by Gasteiger charge is -2.26. The topological polar surface area (TPSA) is 61.8 Å². The van der Waals surface area contributed by atoms with Crippen molar-refractivity contribution >= 4 is 11.5 Å². The van der Waals surface area contributed by atoms with Gasteiger partial charge in [-0.3, -0.25) is 0 Å². The molecule has 0 saturated carbocycles. The zero-order chi connectivity index (χ0) is 14.8. The average Bonchev–Trinajstić information content (AvgIpc) is 2.59. The zero-order valence-electron chi connectivity index (χ0n) is 12.7. The second-order valence-corrected chi connectivity index (χ2v) is 6.51. The van der Waals surface area contributed by atoms with E-state index in [1.165, 1.54) is 12.8 Å². The molecule has 2 rings (SSSR count). The molecule has 110 valence electrons. The first-order chi connectivity index (χ1) is 9.43. The van der Waals surface area contributed by atoms with Crippen LogP contribution in [-0.4, -0.2) is 24.1 Å². The molecule has 0 radical (unpaired) electrons. The Morgan fingerprint density at radius 1 is 1.30 bits per heavy atom. The molecule has 0 unspecified atom stereocenters. The van der Waals surface area contributed by atoms with E-state index in [-0.39, 0.29) is 5.84 Å². The predicted octanol–water partition coefficient (Wildman–Crippen LogP) is 3.11. The predicted molar refractivity (Wildman–Crippen MR) is 83.5 cm³/mol. The van der Waals surface area contributed by atoms with Crippen molar-refractivity contribution in [1.82, 2.24) is 0 Å². The van der Waals surface area contributed by atoms with Crippen LogP contribution in [0.3, 0.4) is 0 Å². The maximum Gasteiger partial charge on any atom is 0.172 e. The number of rotatable bonds is 2. The Kier molecular flexibility index (Phi) is 4.21. The van der Waals surface area contributed by atoms with Crippen molar-refractivity contribution in [1.29, 1.82) is 0 Å². The van der Waals surface area contributed by atoms with E-state index in [2.05, 4.69) is 36.0 Å². The van der Waals surface area contributed by atoms with Crippen LogP contribution >= 0.6 is 0 Å². The quantitative estimate of drug-likeness (QED) is 0.377. The maximum atomic E-state index is 8.99. The fourth-order valence-electron chi connectivity index (χ4n) is 2.85. The SMILES string of the molecule is Cc1ccc(N2CCCC(C)(C)CC2)c(/C(N)=N/O)c1. The van der Waals surface area contributed by atoms with Crippen LogP contribution in [0.5, 0.6) is 0 Å². The second kappa shape index (κ2) is 5.73. The highest BCUT2D eigenvalue weighted by molar-refractivity contribution is 6.02. The van der Waals surface area contributed by atoms with Crippen LogP contribution in [0.25, 0.3) is 0 Å². The van der Waals surface area contributed by atoms with Crippen LogP contribution in [0, 0.1) is 12.3 Å². The lowest BCUT2D eigenvalue weighted by molar-refractivity contribution is 0.318. The largest absolute Gasteiger partial charge is 0.409 e. The summed E-state index contributed by atoms with van der Waals surface area (Å²) in [5.41, 5.74) is 9.25. The Bertz CT molecular complexity index is 508. The van der Waals surface area contributed by atoms with Gasteiger partial charge in [0.1, 0.15) is 0 Å². The molecule has 20 heavy (non-hydrogen) atoms. The summed E-state index contributed by atoms with van der Waals surface area (Å²) in [4.78, 5) is 2.36. The standard InChI is InChI=1S/C16H25N3O/c1-12-5-6-14(13(11-12)15(17)18-20)19-9-4-7-16(2,3)8-10-19/h5-6,11,20H,4,7-10H2,1-3H3,(H2,17,18). The van der Waals surface area contributed by atoms with Crippen molar-refractivity contribution in [3.63, 3.8) is 0 Å². The number of aryl methyl sites for hydroxylation is 1. The minimum Gasteiger partial charge on any atom is -0.409 e. The number of oxime groups is 1. The van der Waals surface area contributed by atoms with Gasteiger partial charge in [-0.15, -0.1) is 0 Å². The monoisotopic (exact) mass is 275 g/mol. The lowest BCUT2D eigenvalue weighted by Crippen LogP contribution is -2.28. The first kappa shape index (κ1) is 14.7. The highest BCUT2D eigenvalue weighted by Gasteiger charge is 2.24. The van der Waals surface area contributed by atoms with Crippen molar-refractivity contribution in [3.8, 4) is 0 Å². The molecular formula is C16H25N3O. The molecule has 1 aliphatic rings. The summed E-state index contributed by atoms with van der Waals surface area (Å²) >= 11 is 0. The Morgan fingerprint density at radius 3 is 2.75 bits per heavy atom. The van der Waals surface area contributed by atoms with Gasteiger partial charge in [-0.25, -0.2) is 0 Å². The van der Waals surface area contributed by atoms with Crippen LogP contribution in [0.4, 0.5) is 5.69 Å².